The molecule has 0 saturated heterocycles. The van der Waals surface area contributed by atoms with Gasteiger partial charge in [0.15, 0.2) is 6.29 Å². The van der Waals surface area contributed by atoms with Crippen LogP contribution < -0.4 is 9.46 Å². The second kappa shape index (κ2) is 12.9. The molecule has 0 bridgehead atoms. The highest BCUT2D eigenvalue weighted by Crippen LogP contribution is 2.25. The molecule has 0 fully saturated rings. The fraction of sp³-hybridized carbons (Fsp3) is 0.480. The summed E-state index contributed by atoms with van der Waals surface area (Å²) in [7, 11) is -4.11. The predicted molar refractivity (Wildman–Crippen MR) is 129 cm³/mol. The first-order valence-corrected chi connectivity index (χ1v) is 12.8. The molecular formula is C25H35NO7S. The van der Waals surface area contributed by atoms with E-state index in [1.165, 1.54) is 6.07 Å². The summed E-state index contributed by atoms with van der Waals surface area (Å²) >= 11 is 0. The van der Waals surface area contributed by atoms with E-state index in [-0.39, 0.29) is 36.9 Å². The highest BCUT2D eigenvalue weighted by molar-refractivity contribution is 7.89. The van der Waals surface area contributed by atoms with Crippen LogP contribution in [0.3, 0.4) is 0 Å². The topological polar surface area (TPSA) is 100 Å². The van der Waals surface area contributed by atoms with E-state index in [4.69, 9.17) is 18.9 Å². The van der Waals surface area contributed by atoms with Gasteiger partial charge in [-0.2, -0.15) is 0 Å². The monoisotopic (exact) mass is 493 g/mol. The van der Waals surface area contributed by atoms with Gasteiger partial charge in [-0.3, -0.25) is 4.79 Å². The van der Waals surface area contributed by atoms with E-state index in [1.807, 2.05) is 30.3 Å². The Morgan fingerprint density at radius 1 is 0.941 bits per heavy atom. The predicted octanol–water partition coefficient (Wildman–Crippen LogP) is 4.04. The van der Waals surface area contributed by atoms with Gasteiger partial charge in [0.2, 0.25) is 10.0 Å². The third kappa shape index (κ3) is 9.06. The smallest absolute Gasteiger partial charge is 0.308 e. The Labute approximate surface area is 202 Å². The Hall–Kier alpha value is -2.46. The van der Waals surface area contributed by atoms with Crippen molar-refractivity contribution in [1.29, 1.82) is 0 Å². The zero-order chi connectivity index (χ0) is 25.2. The average molecular weight is 494 g/mol. The zero-order valence-corrected chi connectivity index (χ0v) is 21.3. The van der Waals surface area contributed by atoms with Gasteiger partial charge in [-0.1, -0.05) is 42.5 Å². The Bertz CT molecular complexity index is 997. The second-order valence-electron chi connectivity index (χ2n) is 8.52. The van der Waals surface area contributed by atoms with Crippen molar-refractivity contribution in [3.8, 4) is 5.75 Å². The Balaban J connectivity index is 2.29. The van der Waals surface area contributed by atoms with E-state index in [1.54, 1.807) is 52.8 Å². The Morgan fingerprint density at radius 2 is 1.53 bits per heavy atom. The van der Waals surface area contributed by atoms with E-state index in [2.05, 4.69) is 4.72 Å². The summed E-state index contributed by atoms with van der Waals surface area (Å²) in [6.45, 7) is 9.50. The molecule has 9 heteroatoms. The first kappa shape index (κ1) is 27.8. The number of para-hydroxylation sites is 1. The molecule has 0 spiro atoms. The van der Waals surface area contributed by atoms with Crippen molar-refractivity contribution < 1.29 is 32.2 Å². The minimum atomic E-state index is -4.11. The molecule has 34 heavy (non-hydrogen) atoms. The molecule has 1 N–H and O–H groups in total. The van der Waals surface area contributed by atoms with E-state index < -0.39 is 33.9 Å². The second-order valence-corrected chi connectivity index (χ2v) is 10.2. The van der Waals surface area contributed by atoms with Gasteiger partial charge in [0, 0.05) is 13.2 Å². The molecule has 0 radical (unpaired) electrons. The molecule has 188 valence electrons. The number of ether oxygens (including phenoxy) is 4. The minimum absolute atomic E-state index is 0.0492. The standard InChI is InChI=1S/C25H35NO7S/c1-6-30-24(31-7-2)20(17-23(27)33-25(3,4)5)26-34(28,29)22-16-12-11-15-21(22)32-18-19-13-9-8-10-14-19/h8-16,20,24,26H,6-7,17-18H2,1-5H3/t20-/m0/s1. The first-order valence-electron chi connectivity index (χ1n) is 11.3. The number of esters is 1. The van der Waals surface area contributed by atoms with Crippen LogP contribution in [0, 0.1) is 0 Å². The van der Waals surface area contributed by atoms with E-state index in [0.29, 0.717) is 0 Å². The van der Waals surface area contributed by atoms with Gasteiger partial charge in [-0.05, 0) is 52.3 Å². The molecule has 2 aromatic carbocycles. The van der Waals surface area contributed by atoms with Gasteiger partial charge in [0.25, 0.3) is 0 Å². The molecule has 0 heterocycles. The Kier molecular flexibility index (Phi) is 10.5. The van der Waals surface area contributed by atoms with Crippen LogP contribution in [0.5, 0.6) is 5.75 Å². The molecule has 2 rings (SSSR count). The summed E-state index contributed by atoms with van der Waals surface area (Å²) < 4.78 is 51.8. The van der Waals surface area contributed by atoms with Crippen molar-refractivity contribution in [2.24, 2.45) is 0 Å². The lowest BCUT2D eigenvalue weighted by Gasteiger charge is -2.28. The number of hydrogen-bond donors (Lipinski definition) is 1. The number of rotatable bonds is 13. The number of benzene rings is 2. The van der Waals surface area contributed by atoms with Crippen LogP contribution in [0.1, 0.15) is 46.6 Å². The maximum absolute atomic E-state index is 13.4. The molecule has 0 aromatic heterocycles. The molecule has 0 unspecified atom stereocenters. The van der Waals surface area contributed by atoms with Crippen molar-refractivity contribution in [3.63, 3.8) is 0 Å². The summed E-state index contributed by atoms with van der Waals surface area (Å²) in [5.41, 5.74) is 0.184. The maximum Gasteiger partial charge on any atom is 0.308 e. The zero-order valence-electron chi connectivity index (χ0n) is 20.4. The van der Waals surface area contributed by atoms with Gasteiger partial charge < -0.3 is 18.9 Å². The number of carbonyl (C=O) groups is 1. The lowest BCUT2D eigenvalue weighted by atomic mass is 10.1. The highest BCUT2D eigenvalue weighted by atomic mass is 32.2. The van der Waals surface area contributed by atoms with Crippen molar-refractivity contribution in [2.75, 3.05) is 13.2 Å². The molecular weight excluding hydrogens is 458 g/mol. The van der Waals surface area contributed by atoms with Crippen LogP contribution in [-0.2, 0) is 35.6 Å². The molecule has 0 saturated carbocycles. The molecule has 8 nitrogen and oxygen atoms in total. The largest absolute Gasteiger partial charge is 0.487 e. The fourth-order valence-corrected chi connectivity index (χ4v) is 4.52. The van der Waals surface area contributed by atoms with Gasteiger partial charge in [0.05, 0.1) is 12.5 Å². The van der Waals surface area contributed by atoms with Crippen molar-refractivity contribution in [1.82, 2.24) is 4.72 Å². The maximum atomic E-state index is 13.4. The van der Waals surface area contributed by atoms with Gasteiger partial charge >= 0.3 is 5.97 Å². The fourth-order valence-electron chi connectivity index (χ4n) is 3.15. The van der Waals surface area contributed by atoms with E-state index in [9.17, 15) is 13.2 Å². The quantitative estimate of drug-likeness (QED) is 0.332. The van der Waals surface area contributed by atoms with Crippen LogP contribution in [0.4, 0.5) is 0 Å². The van der Waals surface area contributed by atoms with E-state index in [0.717, 1.165) is 5.56 Å². The molecule has 0 amide bonds. The molecule has 0 aliphatic rings. The molecule has 1 atom stereocenters. The summed E-state index contributed by atoms with van der Waals surface area (Å²) in [4.78, 5) is 12.5. The normalized spacial score (nSPS) is 13.0. The third-order valence-electron chi connectivity index (χ3n) is 4.48. The molecule has 0 aliphatic carbocycles. The van der Waals surface area contributed by atoms with Gasteiger partial charge in [0.1, 0.15) is 22.9 Å². The van der Waals surface area contributed by atoms with Gasteiger partial charge in [-0.15, -0.1) is 0 Å². The summed E-state index contributed by atoms with van der Waals surface area (Å²) in [6, 6.07) is 14.8. The van der Waals surface area contributed by atoms with Crippen LogP contribution >= 0.6 is 0 Å². The van der Waals surface area contributed by atoms with Crippen molar-refractivity contribution in [2.45, 2.75) is 70.5 Å². The lowest BCUT2D eigenvalue weighted by molar-refractivity contribution is -0.169. The van der Waals surface area contributed by atoms with E-state index >= 15 is 0 Å². The third-order valence-corrected chi connectivity index (χ3v) is 6.01. The van der Waals surface area contributed by atoms with Crippen LogP contribution in [0.25, 0.3) is 0 Å². The highest BCUT2D eigenvalue weighted by Gasteiger charge is 2.33. The number of nitrogens with one attached hydrogen (secondary N) is 1. The summed E-state index contributed by atoms with van der Waals surface area (Å²) in [5.74, 6) is -0.377. The van der Waals surface area contributed by atoms with Crippen molar-refractivity contribution in [3.05, 3.63) is 60.2 Å². The Morgan fingerprint density at radius 3 is 2.12 bits per heavy atom. The van der Waals surface area contributed by atoms with Crippen LogP contribution in [0.15, 0.2) is 59.5 Å². The number of carbonyl (C=O) groups excluding carboxylic acids is 1. The molecule has 2 aromatic rings. The van der Waals surface area contributed by atoms with Crippen LogP contribution in [-0.4, -0.2) is 45.5 Å². The SMILES string of the molecule is CCOC(OCC)[C@H](CC(=O)OC(C)(C)C)NS(=O)(=O)c1ccccc1OCc1ccccc1. The number of sulfonamides is 1. The molecule has 0 aliphatic heterocycles. The average Bonchev–Trinajstić information content (AvgIpc) is 2.76. The lowest BCUT2D eigenvalue weighted by Crippen LogP contribution is -2.47. The number of hydrogen-bond acceptors (Lipinski definition) is 7. The van der Waals surface area contributed by atoms with Crippen LogP contribution in [0.2, 0.25) is 0 Å². The van der Waals surface area contributed by atoms with Crippen molar-refractivity contribution >= 4 is 16.0 Å². The van der Waals surface area contributed by atoms with Gasteiger partial charge in [-0.25, -0.2) is 13.1 Å². The minimum Gasteiger partial charge on any atom is -0.487 e. The first-order chi connectivity index (χ1) is 16.1. The summed E-state index contributed by atoms with van der Waals surface area (Å²) in [5, 5.41) is 0. The summed E-state index contributed by atoms with van der Waals surface area (Å²) in [6.07, 6.45) is -1.25.